The lowest BCUT2D eigenvalue weighted by Crippen LogP contribution is -1.86. The fourth-order valence-electron chi connectivity index (χ4n) is 1.60. The molecule has 88 valence electrons. The number of rotatable bonds is 8. The van der Waals surface area contributed by atoms with E-state index in [9.17, 15) is 4.79 Å². The highest BCUT2D eigenvalue weighted by Crippen LogP contribution is 2.22. The lowest BCUT2D eigenvalue weighted by molar-refractivity contribution is 0.112. The number of carbonyl (C=O) groups is 1. The maximum atomic E-state index is 10.8. The third-order valence-corrected chi connectivity index (χ3v) is 3.73. The van der Waals surface area contributed by atoms with Crippen molar-refractivity contribution in [3.05, 3.63) is 29.8 Å². The lowest BCUT2D eigenvalue weighted by Gasteiger charge is -2.04. The van der Waals surface area contributed by atoms with E-state index in [1.54, 1.807) is 11.8 Å². The van der Waals surface area contributed by atoms with Crippen LogP contribution in [0.3, 0.4) is 0 Å². The molecule has 0 amide bonds. The quantitative estimate of drug-likeness (QED) is 0.374. The Morgan fingerprint density at radius 3 is 2.62 bits per heavy atom. The molecule has 0 saturated heterocycles. The summed E-state index contributed by atoms with van der Waals surface area (Å²) in [6.07, 6.45) is 7.48. The molecule has 0 aromatic heterocycles. The van der Waals surface area contributed by atoms with Gasteiger partial charge in [0, 0.05) is 10.5 Å². The van der Waals surface area contributed by atoms with Gasteiger partial charge in [-0.2, -0.15) is 0 Å². The Morgan fingerprint density at radius 1 is 1.12 bits per heavy atom. The molecule has 0 unspecified atom stereocenters. The van der Waals surface area contributed by atoms with Gasteiger partial charge in [-0.05, 0) is 18.2 Å². The largest absolute Gasteiger partial charge is 0.298 e. The third kappa shape index (κ3) is 4.84. The summed E-state index contributed by atoms with van der Waals surface area (Å²) < 4.78 is 0. The van der Waals surface area contributed by atoms with Gasteiger partial charge in [-0.25, -0.2) is 0 Å². The van der Waals surface area contributed by atoms with Gasteiger partial charge >= 0.3 is 0 Å². The minimum absolute atomic E-state index is 0.820. The molecule has 0 fully saturated rings. The van der Waals surface area contributed by atoms with Crippen molar-refractivity contribution in [3.63, 3.8) is 0 Å². The van der Waals surface area contributed by atoms with Gasteiger partial charge in [-0.3, -0.25) is 4.79 Å². The first kappa shape index (κ1) is 13.3. The SMILES string of the molecule is CCCCCCCSc1ccccc1C=O. The lowest BCUT2D eigenvalue weighted by atomic mass is 10.2. The van der Waals surface area contributed by atoms with E-state index in [2.05, 4.69) is 6.92 Å². The van der Waals surface area contributed by atoms with Gasteiger partial charge in [0.25, 0.3) is 0 Å². The summed E-state index contributed by atoms with van der Waals surface area (Å²) >= 11 is 1.80. The van der Waals surface area contributed by atoms with Crippen LogP contribution in [0.5, 0.6) is 0 Å². The van der Waals surface area contributed by atoms with E-state index in [0.717, 1.165) is 22.5 Å². The topological polar surface area (TPSA) is 17.1 Å². The van der Waals surface area contributed by atoms with Crippen molar-refractivity contribution in [3.8, 4) is 0 Å². The van der Waals surface area contributed by atoms with E-state index in [-0.39, 0.29) is 0 Å². The average molecular weight is 236 g/mol. The Morgan fingerprint density at radius 2 is 1.88 bits per heavy atom. The second-order valence-electron chi connectivity index (χ2n) is 3.92. The van der Waals surface area contributed by atoms with E-state index >= 15 is 0 Å². The Kier molecular flexibility index (Phi) is 6.98. The zero-order valence-electron chi connectivity index (χ0n) is 9.95. The van der Waals surface area contributed by atoms with Crippen LogP contribution in [0.15, 0.2) is 29.2 Å². The van der Waals surface area contributed by atoms with Crippen molar-refractivity contribution >= 4 is 18.0 Å². The smallest absolute Gasteiger partial charge is 0.151 e. The van der Waals surface area contributed by atoms with Gasteiger partial charge in [-0.15, -0.1) is 11.8 Å². The van der Waals surface area contributed by atoms with Crippen molar-refractivity contribution in [1.29, 1.82) is 0 Å². The van der Waals surface area contributed by atoms with Crippen LogP contribution in [0.25, 0.3) is 0 Å². The zero-order chi connectivity index (χ0) is 11.6. The van der Waals surface area contributed by atoms with Crippen LogP contribution in [0.4, 0.5) is 0 Å². The number of benzene rings is 1. The predicted octanol–water partition coefficient (Wildman–Crippen LogP) is 4.56. The predicted molar refractivity (Wildman–Crippen MR) is 71.3 cm³/mol. The highest BCUT2D eigenvalue weighted by Gasteiger charge is 2.00. The van der Waals surface area contributed by atoms with Crippen LogP contribution in [0.2, 0.25) is 0 Å². The maximum Gasteiger partial charge on any atom is 0.151 e. The van der Waals surface area contributed by atoms with Crippen LogP contribution in [0.1, 0.15) is 49.4 Å². The first-order valence-electron chi connectivity index (χ1n) is 6.05. The van der Waals surface area contributed by atoms with Gasteiger partial charge in [0.05, 0.1) is 0 Å². The van der Waals surface area contributed by atoms with Gasteiger partial charge in [0.15, 0.2) is 6.29 Å². The minimum atomic E-state index is 0.820. The van der Waals surface area contributed by atoms with Crippen molar-refractivity contribution in [1.82, 2.24) is 0 Å². The molecule has 0 saturated carbocycles. The zero-order valence-corrected chi connectivity index (χ0v) is 10.8. The Bertz CT molecular complexity index is 309. The molecule has 0 aliphatic carbocycles. The highest BCUT2D eigenvalue weighted by atomic mass is 32.2. The van der Waals surface area contributed by atoms with Crippen molar-refractivity contribution in [2.75, 3.05) is 5.75 Å². The normalized spacial score (nSPS) is 10.3. The molecule has 1 aromatic carbocycles. The van der Waals surface area contributed by atoms with Crippen LogP contribution in [-0.2, 0) is 0 Å². The molecule has 0 aliphatic rings. The standard InChI is InChI=1S/C14H20OS/c1-2-3-4-5-8-11-16-14-10-7-6-9-13(14)12-15/h6-7,9-10,12H,2-5,8,11H2,1H3. The number of thioether (sulfide) groups is 1. The molecule has 0 aliphatic heterocycles. The summed E-state index contributed by atoms with van der Waals surface area (Å²) in [5.74, 6) is 1.12. The molecule has 0 heterocycles. The highest BCUT2D eigenvalue weighted by molar-refractivity contribution is 7.99. The molecule has 0 radical (unpaired) electrons. The molecule has 0 N–H and O–H groups in total. The fraction of sp³-hybridized carbons (Fsp3) is 0.500. The number of unbranched alkanes of at least 4 members (excludes halogenated alkanes) is 4. The molecule has 2 heteroatoms. The average Bonchev–Trinajstić information content (AvgIpc) is 2.34. The summed E-state index contributed by atoms with van der Waals surface area (Å²) in [7, 11) is 0. The summed E-state index contributed by atoms with van der Waals surface area (Å²) in [6, 6.07) is 7.81. The molecule has 0 atom stereocenters. The van der Waals surface area contributed by atoms with Crippen molar-refractivity contribution in [2.24, 2.45) is 0 Å². The Balaban J connectivity index is 2.23. The van der Waals surface area contributed by atoms with Gasteiger partial charge in [0.1, 0.15) is 0 Å². The van der Waals surface area contributed by atoms with E-state index < -0.39 is 0 Å². The van der Waals surface area contributed by atoms with Gasteiger partial charge in [-0.1, -0.05) is 50.8 Å². The molecular weight excluding hydrogens is 216 g/mol. The third-order valence-electron chi connectivity index (χ3n) is 2.55. The summed E-state index contributed by atoms with van der Waals surface area (Å²) in [4.78, 5) is 11.9. The molecule has 0 spiro atoms. The summed E-state index contributed by atoms with van der Waals surface area (Å²) in [6.45, 7) is 2.23. The summed E-state index contributed by atoms with van der Waals surface area (Å²) in [5, 5.41) is 0. The molecule has 1 nitrogen and oxygen atoms in total. The Labute approximate surface area is 103 Å². The molecule has 1 aromatic rings. The maximum absolute atomic E-state index is 10.8. The fourth-order valence-corrected chi connectivity index (χ4v) is 2.62. The number of hydrogen-bond donors (Lipinski definition) is 0. The second kappa shape index (κ2) is 8.40. The molecule has 16 heavy (non-hydrogen) atoms. The number of carbonyl (C=O) groups excluding carboxylic acids is 1. The first-order chi connectivity index (χ1) is 7.88. The Hall–Kier alpha value is -0.760. The van der Waals surface area contributed by atoms with E-state index in [1.165, 1.54) is 32.1 Å². The van der Waals surface area contributed by atoms with Gasteiger partial charge < -0.3 is 0 Å². The molecular formula is C14H20OS. The van der Waals surface area contributed by atoms with E-state index in [4.69, 9.17) is 0 Å². The minimum Gasteiger partial charge on any atom is -0.298 e. The van der Waals surface area contributed by atoms with Crippen LogP contribution < -0.4 is 0 Å². The molecule has 0 bridgehead atoms. The summed E-state index contributed by atoms with van der Waals surface area (Å²) in [5.41, 5.74) is 0.820. The van der Waals surface area contributed by atoms with E-state index in [0.29, 0.717) is 0 Å². The van der Waals surface area contributed by atoms with Crippen molar-refractivity contribution in [2.45, 2.75) is 43.9 Å². The van der Waals surface area contributed by atoms with Crippen molar-refractivity contribution < 1.29 is 4.79 Å². The number of hydrogen-bond acceptors (Lipinski definition) is 2. The number of aldehydes is 1. The monoisotopic (exact) mass is 236 g/mol. The van der Waals surface area contributed by atoms with Gasteiger partial charge in [0.2, 0.25) is 0 Å². The first-order valence-corrected chi connectivity index (χ1v) is 7.04. The molecule has 1 rings (SSSR count). The van der Waals surface area contributed by atoms with Crippen LogP contribution in [0, 0.1) is 0 Å². The van der Waals surface area contributed by atoms with E-state index in [1.807, 2.05) is 24.3 Å². The van der Waals surface area contributed by atoms with Crippen LogP contribution in [-0.4, -0.2) is 12.0 Å². The van der Waals surface area contributed by atoms with Crippen LogP contribution >= 0.6 is 11.8 Å². The second-order valence-corrected chi connectivity index (χ2v) is 5.06.